The van der Waals surface area contributed by atoms with Crippen molar-refractivity contribution in [2.24, 2.45) is 0 Å². The first-order valence-corrected chi connectivity index (χ1v) is 10.5. The number of aliphatic hydroxyl groups is 1. The first kappa shape index (κ1) is 21.3. The fourth-order valence-corrected chi connectivity index (χ4v) is 3.89. The van der Waals surface area contributed by atoms with Gasteiger partial charge in [-0.2, -0.15) is 0 Å². The Bertz CT molecular complexity index is 1180. The molecule has 6 heteroatoms. The van der Waals surface area contributed by atoms with Gasteiger partial charge >= 0.3 is 5.97 Å². The van der Waals surface area contributed by atoms with E-state index in [0.717, 1.165) is 27.7 Å². The molecule has 4 nitrogen and oxygen atoms in total. The number of hydrogen-bond acceptors (Lipinski definition) is 4. The number of pyridine rings is 1. The first-order valence-electron chi connectivity index (χ1n) is 10.1. The summed E-state index contributed by atoms with van der Waals surface area (Å²) in [6.07, 6.45) is -0.755. The van der Waals surface area contributed by atoms with E-state index in [2.05, 4.69) is 11.8 Å². The zero-order valence-electron chi connectivity index (χ0n) is 16.9. The quantitative estimate of drug-likeness (QED) is 0.369. The van der Waals surface area contributed by atoms with E-state index >= 15 is 0 Å². The van der Waals surface area contributed by atoms with Gasteiger partial charge in [0.2, 0.25) is 0 Å². The molecule has 0 aliphatic carbocycles. The number of alkyl halides is 1. The van der Waals surface area contributed by atoms with Gasteiger partial charge in [0.05, 0.1) is 29.3 Å². The molecule has 0 spiro atoms. The van der Waals surface area contributed by atoms with Crippen molar-refractivity contribution >= 4 is 28.5 Å². The Morgan fingerprint density at radius 3 is 2.71 bits per heavy atom. The van der Waals surface area contributed by atoms with E-state index in [9.17, 15) is 14.3 Å². The van der Waals surface area contributed by atoms with Crippen LogP contribution in [0.25, 0.3) is 22.0 Å². The van der Waals surface area contributed by atoms with E-state index in [1.165, 1.54) is 12.1 Å². The molecule has 1 aliphatic heterocycles. The van der Waals surface area contributed by atoms with Crippen LogP contribution in [0.1, 0.15) is 31.0 Å². The highest BCUT2D eigenvalue weighted by atomic mass is 35.5. The second kappa shape index (κ2) is 9.05. The molecule has 3 atom stereocenters. The maximum absolute atomic E-state index is 13.6. The molecular weight excluding hydrogens is 417 g/mol. The number of nitrogens with zero attached hydrogens (tertiary/aromatic N) is 1. The molecule has 0 saturated carbocycles. The number of benzene rings is 2. The van der Waals surface area contributed by atoms with E-state index in [4.69, 9.17) is 21.3 Å². The maximum atomic E-state index is 13.6. The molecule has 0 radical (unpaired) electrons. The number of ether oxygens (including phenoxy) is 1. The first-order chi connectivity index (χ1) is 14.9. The topological polar surface area (TPSA) is 59.4 Å². The summed E-state index contributed by atoms with van der Waals surface area (Å²) in [6, 6.07) is 13.9. The van der Waals surface area contributed by atoms with Gasteiger partial charge in [0.1, 0.15) is 5.82 Å². The third kappa shape index (κ3) is 4.87. The van der Waals surface area contributed by atoms with Crippen LogP contribution in [0.4, 0.5) is 4.39 Å². The Hall–Kier alpha value is -2.94. The number of aliphatic hydroxyl groups excluding tert-OH is 1. The molecule has 3 aromatic rings. The van der Waals surface area contributed by atoms with E-state index in [1.54, 1.807) is 12.1 Å². The second-order valence-electron chi connectivity index (χ2n) is 7.66. The summed E-state index contributed by atoms with van der Waals surface area (Å²) < 4.78 is 18.9. The van der Waals surface area contributed by atoms with E-state index in [-0.39, 0.29) is 24.0 Å². The fourth-order valence-electron chi connectivity index (χ4n) is 3.75. The van der Waals surface area contributed by atoms with E-state index in [1.807, 2.05) is 31.2 Å². The normalized spacial score (nSPS) is 19.4. The number of para-hydroxylation sites is 1. The Morgan fingerprint density at radius 1 is 1.26 bits per heavy atom. The smallest absolute Gasteiger partial charge is 0.309 e. The monoisotopic (exact) mass is 437 g/mol. The predicted molar refractivity (Wildman–Crippen MR) is 118 cm³/mol. The highest BCUT2D eigenvalue weighted by Crippen LogP contribution is 2.34. The molecular formula is C25H21ClFNO3. The number of esters is 1. The SMILES string of the molecule is CC(Cl)Cc1nc2ccccc2c(-c2ccc(F)cc2)c1C#C[C@@H]1C[C@@H](O)CC(=O)O1. The Kier molecular flexibility index (Phi) is 6.22. The number of hydrogen-bond donors (Lipinski definition) is 1. The van der Waals surface area contributed by atoms with Gasteiger partial charge in [0.25, 0.3) is 0 Å². The van der Waals surface area contributed by atoms with E-state index < -0.39 is 18.2 Å². The average molecular weight is 438 g/mol. The zero-order chi connectivity index (χ0) is 22.0. The Morgan fingerprint density at radius 2 is 2.00 bits per heavy atom. The van der Waals surface area contributed by atoms with Gasteiger partial charge in [-0.05, 0) is 30.7 Å². The lowest BCUT2D eigenvalue weighted by molar-refractivity contribution is -0.155. The van der Waals surface area contributed by atoms with Crippen molar-refractivity contribution in [3.05, 3.63) is 65.6 Å². The Balaban J connectivity index is 1.93. The van der Waals surface area contributed by atoms with Crippen molar-refractivity contribution in [2.75, 3.05) is 0 Å². The van der Waals surface area contributed by atoms with Gasteiger partial charge in [-0.15, -0.1) is 11.6 Å². The number of rotatable bonds is 3. The van der Waals surface area contributed by atoms with Crippen LogP contribution < -0.4 is 0 Å². The number of carbonyl (C=O) groups excluding carboxylic acids is 1. The van der Waals surface area contributed by atoms with Crippen LogP contribution in [0.3, 0.4) is 0 Å². The minimum atomic E-state index is -0.769. The molecule has 1 saturated heterocycles. The summed E-state index contributed by atoms with van der Waals surface area (Å²) in [7, 11) is 0. The zero-order valence-corrected chi connectivity index (χ0v) is 17.7. The Labute approximate surface area is 185 Å². The molecule has 1 aromatic heterocycles. The highest BCUT2D eigenvalue weighted by molar-refractivity contribution is 6.20. The summed E-state index contributed by atoms with van der Waals surface area (Å²) >= 11 is 6.30. The number of fused-ring (bicyclic) bond motifs is 1. The van der Waals surface area contributed by atoms with Crippen LogP contribution in [-0.2, 0) is 16.0 Å². The summed E-state index contributed by atoms with van der Waals surface area (Å²) in [5, 5.41) is 10.6. The van der Waals surface area contributed by atoms with Gasteiger partial charge in [0, 0.05) is 29.2 Å². The fraction of sp³-hybridized carbons (Fsp3) is 0.280. The molecule has 1 unspecified atom stereocenters. The summed E-state index contributed by atoms with van der Waals surface area (Å²) in [5.74, 6) is 5.34. The highest BCUT2D eigenvalue weighted by Gasteiger charge is 2.26. The largest absolute Gasteiger partial charge is 0.449 e. The van der Waals surface area contributed by atoms with Crippen LogP contribution in [-0.4, -0.2) is 33.6 Å². The van der Waals surface area contributed by atoms with Crippen molar-refractivity contribution in [3.8, 4) is 23.0 Å². The molecule has 4 rings (SSSR count). The summed E-state index contributed by atoms with van der Waals surface area (Å²) in [6.45, 7) is 1.88. The van der Waals surface area contributed by atoms with Crippen LogP contribution in [0.15, 0.2) is 48.5 Å². The van der Waals surface area contributed by atoms with Crippen LogP contribution in [0.5, 0.6) is 0 Å². The van der Waals surface area contributed by atoms with Gasteiger partial charge < -0.3 is 9.84 Å². The van der Waals surface area contributed by atoms with E-state index in [0.29, 0.717) is 12.0 Å². The minimum Gasteiger partial charge on any atom is -0.449 e. The maximum Gasteiger partial charge on any atom is 0.309 e. The lowest BCUT2D eigenvalue weighted by Crippen LogP contribution is -2.31. The lowest BCUT2D eigenvalue weighted by atomic mass is 9.92. The van der Waals surface area contributed by atoms with Crippen molar-refractivity contribution in [1.29, 1.82) is 0 Å². The molecule has 31 heavy (non-hydrogen) atoms. The molecule has 0 amide bonds. The third-order valence-corrected chi connectivity index (χ3v) is 5.25. The average Bonchev–Trinajstić information content (AvgIpc) is 2.71. The molecule has 158 valence electrons. The van der Waals surface area contributed by atoms with Crippen molar-refractivity contribution in [1.82, 2.24) is 4.98 Å². The van der Waals surface area contributed by atoms with Crippen molar-refractivity contribution in [2.45, 2.75) is 43.8 Å². The van der Waals surface area contributed by atoms with Gasteiger partial charge in [-0.3, -0.25) is 9.78 Å². The van der Waals surface area contributed by atoms with Crippen molar-refractivity contribution < 1.29 is 19.0 Å². The molecule has 2 aromatic carbocycles. The second-order valence-corrected chi connectivity index (χ2v) is 8.40. The van der Waals surface area contributed by atoms with Crippen LogP contribution >= 0.6 is 11.6 Å². The molecule has 1 fully saturated rings. The predicted octanol–water partition coefficient (Wildman–Crippen LogP) is 4.63. The van der Waals surface area contributed by atoms with Gasteiger partial charge in [-0.1, -0.05) is 42.2 Å². The minimum absolute atomic E-state index is 0.0223. The molecule has 1 aliphatic rings. The number of halogens is 2. The lowest BCUT2D eigenvalue weighted by Gasteiger charge is -2.22. The molecule has 2 heterocycles. The number of carbonyl (C=O) groups is 1. The van der Waals surface area contributed by atoms with Gasteiger partial charge in [-0.25, -0.2) is 4.39 Å². The van der Waals surface area contributed by atoms with Crippen molar-refractivity contribution in [3.63, 3.8) is 0 Å². The van der Waals surface area contributed by atoms with Crippen LogP contribution in [0.2, 0.25) is 0 Å². The van der Waals surface area contributed by atoms with Gasteiger partial charge in [0.15, 0.2) is 6.10 Å². The number of cyclic esters (lactones) is 1. The number of aromatic nitrogens is 1. The third-order valence-electron chi connectivity index (χ3n) is 5.10. The summed E-state index contributed by atoms with van der Waals surface area (Å²) in [4.78, 5) is 16.5. The summed E-state index contributed by atoms with van der Waals surface area (Å²) in [5.41, 5.74) is 3.80. The molecule has 0 bridgehead atoms. The van der Waals surface area contributed by atoms with Crippen LogP contribution in [0, 0.1) is 17.7 Å². The molecule has 1 N–H and O–H groups in total. The standard InChI is InChI=1S/C25H21ClFNO3/c1-15(26)12-23-21(11-10-19-13-18(29)14-24(30)31-19)25(16-6-8-17(27)9-7-16)20-4-2-3-5-22(20)28-23/h2-9,15,18-19,29H,12-14H2,1H3/t15?,18-,19-/m1/s1.